The van der Waals surface area contributed by atoms with Crippen molar-refractivity contribution < 1.29 is 9.53 Å². The quantitative estimate of drug-likeness (QED) is 0.653. The maximum Gasteiger partial charge on any atom is 0.236 e. The van der Waals surface area contributed by atoms with E-state index in [0.717, 1.165) is 27.6 Å². The van der Waals surface area contributed by atoms with Crippen LogP contribution in [0.5, 0.6) is 5.75 Å². The molecule has 1 amide bonds. The fourth-order valence-corrected chi connectivity index (χ4v) is 3.95. The highest BCUT2D eigenvalue weighted by atomic mass is 32.2. The molecule has 0 atom stereocenters. The predicted molar refractivity (Wildman–Crippen MR) is 108 cm³/mol. The monoisotopic (exact) mass is 385 g/mol. The number of anilines is 1. The van der Waals surface area contributed by atoms with E-state index in [9.17, 15) is 4.79 Å². The smallest absolute Gasteiger partial charge is 0.236 e. The largest absolute Gasteiger partial charge is 0.497 e. The van der Waals surface area contributed by atoms with Crippen molar-refractivity contribution in [3.63, 3.8) is 0 Å². The number of carbonyl (C=O) groups excluding carboxylic acids is 1. The lowest BCUT2D eigenvalue weighted by molar-refractivity contribution is -0.113. The van der Waals surface area contributed by atoms with Crippen LogP contribution >= 0.6 is 23.1 Å². The minimum absolute atomic E-state index is 0.0547. The van der Waals surface area contributed by atoms with Gasteiger partial charge in [-0.05, 0) is 43.3 Å². The first-order chi connectivity index (χ1) is 12.7. The molecule has 0 saturated heterocycles. The molecule has 0 saturated carbocycles. The molecular weight excluding hydrogens is 366 g/mol. The topological polar surface area (TPSA) is 64.1 Å². The lowest BCUT2D eigenvalue weighted by Gasteiger charge is -2.02. The molecule has 0 unspecified atom stereocenters. The average Bonchev–Trinajstić information content (AvgIpc) is 3.02. The minimum Gasteiger partial charge on any atom is -0.497 e. The number of hydrogen-bond donors (Lipinski definition) is 1. The second-order valence-electron chi connectivity index (χ2n) is 5.51. The van der Waals surface area contributed by atoms with Crippen molar-refractivity contribution in [3.8, 4) is 17.0 Å². The number of nitrogens with one attached hydrogen (secondary N) is 1. The summed E-state index contributed by atoms with van der Waals surface area (Å²) in [5, 5.41) is 3.51. The van der Waals surface area contributed by atoms with E-state index < -0.39 is 0 Å². The van der Waals surface area contributed by atoms with Crippen molar-refractivity contribution in [2.75, 3.05) is 18.2 Å². The van der Waals surface area contributed by atoms with Crippen molar-refractivity contribution in [2.45, 2.75) is 12.7 Å². The fraction of sp³-hybridized carbons (Fsp3) is 0.211. The molecule has 0 radical (unpaired) electrons. The average molecular weight is 386 g/mol. The third kappa shape index (κ3) is 4.83. The zero-order valence-corrected chi connectivity index (χ0v) is 16.2. The molecule has 3 rings (SSSR count). The number of methoxy groups -OCH3 is 1. The predicted octanol–water partition coefficient (Wildman–Crippen LogP) is 4.39. The molecule has 0 aliphatic rings. The number of hydrogen-bond acceptors (Lipinski definition) is 6. The Labute approximate surface area is 160 Å². The standard InChI is InChI=1S/C19H19N3O2S2/c1-13-18(14-6-8-16(24-2)9-7-14)22-19(26-13)21-17(23)12-25-11-15-5-3-4-10-20-15/h3-10H,11-12H2,1-2H3,(H,21,22,23). The van der Waals surface area contributed by atoms with Gasteiger partial charge in [-0.25, -0.2) is 4.98 Å². The summed E-state index contributed by atoms with van der Waals surface area (Å²) >= 11 is 3.01. The van der Waals surface area contributed by atoms with Gasteiger partial charge in [0.25, 0.3) is 0 Å². The summed E-state index contributed by atoms with van der Waals surface area (Å²) in [5.41, 5.74) is 2.86. The number of aryl methyl sites for hydroxylation is 1. The summed E-state index contributed by atoms with van der Waals surface area (Å²) in [5.74, 6) is 1.83. The van der Waals surface area contributed by atoms with E-state index in [4.69, 9.17) is 4.74 Å². The van der Waals surface area contributed by atoms with Gasteiger partial charge in [0.1, 0.15) is 5.75 Å². The van der Waals surface area contributed by atoms with Crippen LogP contribution in [0.4, 0.5) is 5.13 Å². The molecule has 0 fully saturated rings. The molecule has 2 heterocycles. The molecule has 3 aromatic rings. The van der Waals surface area contributed by atoms with Crippen LogP contribution < -0.4 is 10.1 Å². The molecule has 2 aromatic heterocycles. The maximum atomic E-state index is 12.1. The third-order valence-corrected chi connectivity index (χ3v) is 5.47. The van der Waals surface area contributed by atoms with Gasteiger partial charge in [0, 0.05) is 22.4 Å². The number of carbonyl (C=O) groups is 1. The molecule has 0 aliphatic carbocycles. The SMILES string of the molecule is COc1ccc(-c2nc(NC(=O)CSCc3ccccn3)sc2C)cc1. The lowest BCUT2D eigenvalue weighted by Crippen LogP contribution is -2.14. The van der Waals surface area contributed by atoms with Crippen molar-refractivity contribution in [1.82, 2.24) is 9.97 Å². The first-order valence-corrected chi connectivity index (χ1v) is 10.0. The molecule has 0 aliphatic heterocycles. The maximum absolute atomic E-state index is 12.1. The van der Waals surface area contributed by atoms with Gasteiger partial charge in [-0.1, -0.05) is 6.07 Å². The molecule has 1 aromatic carbocycles. The van der Waals surface area contributed by atoms with Crippen molar-refractivity contribution in [2.24, 2.45) is 0 Å². The van der Waals surface area contributed by atoms with Gasteiger partial charge < -0.3 is 10.1 Å². The van der Waals surface area contributed by atoms with Crippen molar-refractivity contribution in [1.29, 1.82) is 0 Å². The van der Waals surface area contributed by atoms with Crippen LogP contribution in [0.25, 0.3) is 11.3 Å². The number of amides is 1. The molecule has 0 spiro atoms. The third-order valence-electron chi connectivity index (χ3n) is 3.62. The van der Waals surface area contributed by atoms with E-state index in [1.54, 1.807) is 13.3 Å². The van der Waals surface area contributed by atoms with E-state index in [2.05, 4.69) is 15.3 Å². The van der Waals surface area contributed by atoms with Gasteiger partial charge in [-0.3, -0.25) is 9.78 Å². The van der Waals surface area contributed by atoms with E-state index >= 15 is 0 Å². The first kappa shape index (κ1) is 18.4. The van der Waals surface area contributed by atoms with Gasteiger partial charge in [-0.2, -0.15) is 0 Å². The molecule has 5 nitrogen and oxygen atoms in total. The van der Waals surface area contributed by atoms with Crippen molar-refractivity contribution in [3.05, 3.63) is 59.2 Å². The van der Waals surface area contributed by atoms with Gasteiger partial charge in [-0.15, -0.1) is 23.1 Å². The van der Waals surface area contributed by atoms with Crippen LogP contribution in [-0.4, -0.2) is 28.7 Å². The fourth-order valence-electron chi connectivity index (χ4n) is 2.35. The number of ether oxygens (including phenoxy) is 1. The number of aromatic nitrogens is 2. The van der Waals surface area contributed by atoms with Crippen LogP contribution in [0.3, 0.4) is 0 Å². The van der Waals surface area contributed by atoms with Gasteiger partial charge in [0.05, 0.1) is 24.3 Å². The lowest BCUT2D eigenvalue weighted by atomic mass is 10.1. The Morgan fingerprint density at radius 2 is 2.04 bits per heavy atom. The number of rotatable bonds is 7. The zero-order chi connectivity index (χ0) is 18.4. The van der Waals surface area contributed by atoms with Gasteiger partial charge in [0.2, 0.25) is 5.91 Å². The van der Waals surface area contributed by atoms with E-state index in [1.807, 2.05) is 49.4 Å². The Balaban J connectivity index is 1.57. The zero-order valence-electron chi connectivity index (χ0n) is 14.6. The molecular formula is C19H19N3O2S2. The normalized spacial score (nSPS) is 10.5. The second-order valence-corrected chi connectivity index (χ2v) is 7.70. The van der Waals surface area contributed by atoms with E-state index in [0.29, 0.717) is 16.6 Å². The van der Waals surface area contributed by atoms with Gasteiger partial charge >= 0.3 is 0 Å². The molecule has 1 N–H and O–H groups in total. The number of pyridine rings is 1. The summed E-state index contributed by atoms with van der Waals surface area (Å²) in [4.78, 5) is 22.0. The minimum atomic E-state index is -0.0547. The van der Waals surface area contributed by atoms with Crippen LogP contribution in [0.2, 0.25) is 0 Å². The Morgan fingerprint density at radius 3 is 2.73 bits per heavy atom. The highest BCUT2D eigenvalue weighted by Crippen LogP contribution is 2.31. The number of benzene rings is 1. The van der Waals surface area contributed by atoms with Crippen molar-refractivity contribution >= 4 is 34.1 Å². The highest BCUT2D eigenvalue weighted by Gasteiger charge is 2.12. The molecule has 0 bridgehead atoms. The molecule has 134 valence electrons. The highest BCUT2D eigenvalue weighted by molar-refractivity contribution is 7.99. The van der Waals surface area contributed by atoms with E-state index in [-0.39, 0.29) is 5.91 Å². The Bertz CT molecular complexity index is 864. The summed E-state index contributed by atoms with van der Waals surface area (Å²) in [6, 6.07) is 13.5. The van der Waals surface area contributed by atoms with Gasteiger partial charge in [0.15, 0.2) is 5.13 Å². The Morgan fingerprint density at radius 1 is 1.23 bits per heavy atom. The summed E-state index contributed by atoms with van der Waals surface area (Å²) in [6.07, 6.45) is 1.76. The first-order valence-electron chi connectivity index (χ1n) is 8.05. The Hall–Kier alpha value is -2.38. The summed E-state index contributed by atoms with van der Waals surface area (Å²) in [6.45, 7) is 2.00. The Kier molecular flexibility index (Phi) is 6.25. The van der Waals surface area contributed by atoms with Crippen LogP contribution in [0, 0.1) is 6.92 Å². The van der Waals surface area contributed by atoms with E-state index in [1.165, 1.54) is 23.1 Å². The van der Waals surface area contributed by atoms with Crippen LogP contribution in [0.1, 0.15) is 10.6 Å². The number of thiazole rings is 1. The summed E-state index contributed by atoms with van der Waals surface area (Å²) < 4.78 is 5.18. The summed E-state index contributed by atoms with van der Waals surface area (Å²) in [7, 11) is 1.64. The molecule has 7 heteroatoms. The molecule has 26 heavy (non-hydrogen) atoms. The number of thioether (sulfide) groups is 1. The number of nitrogens with zero attached hydrogens (tertiary/aromatic N) is 2. The second kappa shape index (κ2) is 8.82. The van der Waals surface area contributed by atoms with Crippen LogP contribution in [-0.2, 0) is 10.5 Å². The van der Waals surface area contributed by atoms with Crippen LogP contribution in [0.15, 0.2) is 48.7 Å².